The summed E-state index contributed by atoms with van der Waals surface area (Å²) in [5.41, 5.74) is 5.12. The Kier molecular flexibility index (Phi) is 3.62. The lowest BCUT2D eigenvalue weighted by Crippen LogP contribution is -2.25. The third-order valence-corrected chi connectivity index (χ3v) is 3.60. The molecule has 3 rings (SSSR count). The van der Waals surface area contributed by atoms with Gasteiger partial charge in [0.25, 0.3) is 0 Å². The minimum Gasteiger partial charge on any atom is -0.367 e. The molecule has 98 valence electrons. The van der Waals surface area contributed by atoms with E-state index in [-0.39, 0.29) is 6.10 Å². The van der Waals surface area contributed by atoms with Crippen molar-refractivity contribution < 1.29 is 4.74 Å². The number of aryl methyl sites for hydroxylation is 1. The van der Waals surface area contributed by atoms with E-state index in [0.717, 1.165) is 19.7 Å². The van der Waals surface area contributed by atoms with Crippen molar-refractivity contribution >= 4 is 0 Å². The lowest BCUT2D eigenvalue weighted by molar-refractivity contribution is 0.0776. The lowest BCUT2D eigenvalue weighted by atomic mass is 9.95. The van der Waals surface area contributed by atoms with Gasteiger partial charge in [-0.25, -0.2) is 0 Å². The van der Waals surface area contributed by atoms with Gasteiger partial charge < -0.3 is 10.1 Å². The fraction of sp³-hybridized carbons (Fsp3) is 0.294. The highest BCUT2D eigenvalue weighted by Crippen LogP contribution is 2.29. The van der Waals surface area contributed by atoms with E-state index in [1.165, 1.54) is 22.3 Å². The molecule has 1 N–H and O–H groups in total. The molecule has 19 heavy (non-hydrogen) atoms. The smallest absolute Gasteiger partial charge is 0.108 e. The molecule has 1 unspecified atom stereocenters. The van der Waals surface area contributed by atoms with Gasteiger partial charge in [0.15, 0.2) is 0 Å². The molecular weight excluding hydrogens is 234 g/mol. The van der Waals surface area contributed by atoms with Crippen molar-refractivity contribution in [3.05, 3.63) is 70.8 Å². The summed E-state index contributed by atoms with van der Waals surface area (Å²) < 4.78 is 6.07. The second-order valence-corrected chi connectivity index (χ2v) is 5.04. The van der Waals surface area contributed by atoms with Gasteiger partial charge in [0.05, 0.1) is 6.61 Å². The molecular formula is C17H19NO. The highest BCUT2D eigenvalue weighted by Gasteiger charge is 2.19. The molecule has 0 radical (unpaired) electrons. The molecule has 2 nitrogen and oxygen atoms in total. The van der Waals surface area contributed by atoms with Crippen LogP contribution in [0.2, 0.25) is 0 Å². The van der Waals surface area contributed by atoms with Crippen LogP contribution in [0.1, 0.15) is 28.4 Å². The minimum atomic E-state index is 0.0545. The molecule has 0 aromatic heterocycles. The fourth-order valence-electron chi connectivity index (χ4n) is 2.53. The van der Waals surface area contributed by atoms with Gasteiger partial charge in [-0.05, 0) is 23.6 Å². The van der Waals surface area contributed by atoms with Crippen molar-refractivity contribution in [3.63, 3.8) is 0 Å². The molecule has 0 saturated heterocycles. The molecule has 0 spiro atoms. The Bertz CT molecular complexity index is 547. The van der Waals surface area contributed by atoms with Gasteiger partial charge in [-0.2, -0.15) is 0 Å². The normalized spacial score (nSPS) is 19.3. The van der Waals surface area contributed by atoms with Crippen LogP contribution in [0.15, 0.2) is 48.5 Å². The topological polar surface area (TPSA) is 21.3 Å². The zero-order valence-electron chi connectivity index (χ0n) is 11.2. The van der Waals surface area contributed by atoms with Gasteiger partial charge in [0.2, 0.25) is 0 Å². The van der Waals surface area contributed by atoms with Crippen LogP contribution < -0.4 is 5.32 Å². The average molecular weight is 253 g/mol. The third-order valence-electron chi connectivity index (χ3n) is 3.60. The van der Waals surface area contributed by atoms with Crippen LogP contribution in [0, 0.1) is 6.92 Å². The molecule has 0 fully saturated rings. The summed E-state index contributed by atoms with van der Waals surface area (Å²) in [5, 5.41) is 3.40. The number of fused-ring (bicyclic) bond motifs is 1. The van der Waals surface area contributed by atoms with Crippen molar-refractivity contribution in [1.29, 1.82) is 0 Å². The number of hydrogen-bond donors (Lipinski definition) is 1. The standard InChI is InChI=1S/C17H19NO/c1-13-6-8-14(9-7-13)17-16-5-3-2-4-15(16)12-18-10-11-19-17/h2-9,17-18H,10-12H2,1H3. The van der Waals surface area contributed by atoms with Crippen molar-refractivity contribution in [2.75, 3.05) is 13.2 Å². The van der Waals surface area contributed by atoms with E-state index < -0.39 is 0 Å². The predicted molar refractivity (Wildman–Crippen MR) is 77.1 cm³/mol. The Morgan fingerprint density at radius 2 is 1.84 bits per heavy atom. The highest BCUT2D eigenvalue weighted by atomic mass is 16.5. The number of benzene rings is 2. The first-order valence-electron chi connectivity index (χ1n) is 6.81. The van der Waals surface area contributed by atoms with Gasteiger partial charge in [-0.3, -0.25) is 0 Å². The number of hydrogen-bond acceptors (Lipinski definition) is 2. The van der Waals surface area contributed by atoms with E-state index in [4.69, 9.17) is 4.74 Å². The van der Waals surface area contributed by atoms with Crippen molar-refractivity contribution in [1.82, 2.24) is 5.32 Å². The predicted octanol–water partition coefficient (Wildman–Crippen LogP) is 3.20. The molecule has 1 aliphatic heterocycles. The third kappa shape index (κ3) is 2.70. The second-order valence-electron chi connectivity index (χ2n) is 5.04. The first kappa shape index (κ1) is 12.4. The van der Waals surface area contributed by atoms with E-state index in [1.54, 1.807) is 0 Å². The first-order chi connectivity index (χ1) is 9.34. The van der Waals surface area contributed by atoms with Crippen LogP contribution in [0.4, 0.5) is 0 Å². The number of nitrogens with one attached hydrogen (secondary N) is 1. The van der Waals surface area contributed by atoms with Crippen LogP contribution in [-0.2, 0) is 11.3 Å². The lowest BCUT2D eigenvalue weighted by Gasteiger charge is -2.24. The van der Waals surface area contributed by atoms with Gasteiger partial charge in [-0.15, -0.1) is 0 Å². The van der Waals surface area contributed by atoms with Crippen LogP contribution in [0.5, 0.6) is 0 Å². The summed E-state index contributed by atoms with van der Waals surface area (Å²) in [6.07, 6.45) is 0.0545. The Morgan fingerprint density at radius 3 is 2.68 bits per heavy atom. The summed E-state index contributed by atoms with van der Waals surface area (Å²) in [7, 11) is 0. The summed E-state index contributed by atoms with van der Waals surface area (Å²) in [6.45, 7) is 4.67. The molecule has 1 atom stereocenters. The maximum Gasteiger partial charge on any atom is 0.108 e. The molecule has 0 aliphatic carbocycles. The SMILES string of the molecule is Cc1ccc(C2OCCNCc3ccccc32)cc1. The number of ether oxygens (including phenoxy) is 1. The Balaban J connectivity index is 2.02. The molecule has 1 heterocycles. The van der Waals surface area contributed by atoms with E-state index in [2.05, 4.69) is 60.8 Å². The van der Waals surface area contributed by atoms with Crippen LogP contribution >= 0.6 is 0 Å². The summed E-state index contributed by atoms with van der Waals surface area (Å²) >= 11 is 0. The molecule has 2 heteroatoms. The molecule has 0 bridgehead atoms. The molecule has 0 amide bonds. The van der Waals surface area contributed by atoms with E-state index in [1.807, 2.05) is 0 Å². The maximum atomic E-state index is 6.07. The van der Waals surface area contributed by atoms with Crippen LogP contribution in [0.3, 0.4) is 0 Å². The zero-order valence-corrected chi connectivity index (χ0v) is 11.2. The molecule has 1 aliphatic rings. The highest BCUT2D eigenvalue weighted by molar-refractivity contribution is 5.37. The largest absolute Gasteiger partial charge is 0.367 e. The zero-order chi connectivity index (χ0) is 13.1. The Labute approximate surface area is 114 Å². The summed E-state index contributed by atoms with van der Waals surface area (Å²) in [4.78, 5) is 0. The summed E-state index contributed by atoms with van der Waals surface area (Å²) in [6, 6.07) is 17.2. The van der Waals surface area contributed by atoms with Gasteiger partial charge in [-0.1, -0.05) is 54.1 Å². The monoisotopic (exact) mass is 253 g/mol. The molecule has 2 aromatic rings. The van der Waals surface area contributed by atoms with E-state index >= 15 is 0 Å². The number of rotatable bonds is 1. The van der Waals surface area contributed by atoms with E-state index in [9.17, 15) is 0 Å². The molecule has 0 saturated carbocycles. The van der Waals surface area contributed by atoms with Crippen molar-refractivity contribution in [3.8, 4) is 0 Å². The summed E-state index contributed by atoms with van der Waals surface area (Å²) in [5.74, 6) is 0. The minimum absolute atomic E-state index is 0.0545. The van der Waals surface area contributed by atoms with Crippen molar-refractivity contribution in [2.24, 2.45) is 0 Å². The Hall–Kier alpha value is -1.64. The maximum absolute atomic E-state index is 6.07. The van der Waals surface area contributed by atoms with Gasteiger partial charge in [0.1, 0.15) is 6.10 Å². The van der Waals surface area contributed by atoms with E-state index in [0.29, 0.717) is 0 Å². The Morgan fingerprint density at radius 1 is 1.05 bits per heavy atom. The van der Waals surface area contributed by atoms with Gasteiger partial charge >= 0.3 is 0 Å². The van der Waals surface area contributed by atoms with Crippen LogP contribution in [-0.4, -0.2) is 13.2 Å². The quantitative estimate of drug-likeness (QED) is 0.842. The van der Waals surface area contributed by atoms with Crippen molar-refractivity contribution in [2.45, 2.75) is 19.6 Å². The fourth-order valence-corrected chi connectivity index (χ4v) is 2.53. The average Bonchev–Trinajstić information content (AvgIpc) is 2.42. The second kappa shape index (κ2) is 5.55. The van der Waals surface area contributed by atoms with Crippen LogP contribution in [0.25, 0.3) is 0 Å². The first-order valence-corrected chi connectivity index (χ1v) is 6.81. The van der Waals surface area contributed by atoms with Gasteiger partial charge in [0, 0.05) is 13.1 Å². The molecule has 2 aromatic carbocycles.